The third-order valence-electron chi connectivity index (χ3n) is 3.38. The van der Waals surface area contributed by atoms with Crippen molar-refractivity contribution in [2.75, 3.05) is 0 Å². The lowest BCUT2D eigenvalue weighted by atomic mass is 10.1. The van der Waals surface area contributed by atoms with Gasteiger partial charge in [0.1, 0.15) is 0 Å². The molecule has 0 aliphatic rings. The molecule has 0 aliphatic heterocycles. The van der Waals surface area contributed by atoms with Gasteiger partial charge in [-0.3, -0.25) is 4.57 Å². The van der Waals surface area contributed by atoms with E-state index in [0.29, 0.717) is 18.2 Å². The molecule has 114 valence electrons. The van der Waals surface area contributed by atoms with Gasteiger partial charge in [-0.25, -0.2) is 0 Å². The Bertz CT molecular complexity index is 684. The summed E-state index contributed by atoms with van der Waals surface area (Å²) in [6.45, 7) is 8.69. The molecular weight excluding hydrogens is 292 g/mol. The van der Waals surface area contributed by atoms with Crippen LogP contribution in [0.15, 0.2) is 42.1 Å². The van der Waals surface area contributed by atoms with Gasteiger partial charge in [0.15, 0.2) is 11.0 Å². The molecule has 0 bridgehead atoms. The lowest BCUT2D eigenvalue weighted by molar-refractivity contribution is 0.724. The van der Waals surface area contributed by atoms with Gasteiger partial charge in [0, 0.05) is 23.8 Å². The fourth-order valence-electron chi connectivity index (χ4n) is 2.20. The van der Waals surface area contributed by atoms with E-state index in [1.54, 1.807) is 11.8 Å². The Morgan fingerprint density at radius 2 is 2.18 bits per heavy atom. The zero-order chi connectivity index (χ0) is 15.9. The van der Waals surface area contributed by atoms with Crippen LogP contribution in [0.2, 0.25) is 0 Å². The van der Waals surface area contributed by atoms with Crippen molar-refractivity contribution >= 4 is 11.8 Å². The molecule has 1 heterocycles. The maximum absolute atomic E-state index is 8.70. The van der Waals surface area contributed by atoms with Gasteiger partial charge in [-0.15, -0.1) is 16.8 Å². The van der Waals surface area contributed by atoms with Crippen LogP contribution in [0.25, 0.3) is 11.4 Å². The Hall–Kier alpha value is -2.06. The summed E-state index contributed by atoms with van der Waals surface area (Å²) in [7, 11) is 0. The highest BCUT2D eigenvalue weighted by Gasteiger charge is 2.17. The summed E-state index contributed by atoms with van der Waals surface area (Å²) >= 11 is 1.66. The SMILES string of the molecule is C=CCn1c(SC(C)CCC#N)nnc1-c1ccccc1C. The summed E-state index contributed by atoms with van der Waals surface area (Å²) in [6.07, 6.45) is 3.27. The van der Waals surface area contributed by atoms with Gasteiger partial charge < -0.3 is 0 Å². The Balaban J connectivity index is 2.32. The summed E-state index contributed by atoms with van der Waals surface area (Å²) < 4.78 is 2.09. The third kappa shape index (κ3) is 3.77. The van der Waals surface area contributed by atoms with Gasteiger partial charge in [0.2, 0.25) is 0 Å². The van der Waals surface area contributed by atoms with Gasteiger partial charge in [0.05, 0.1) is 6.07 Å². The van der Waals surface area contributed by atoms with Gasteiger partial charge in [-0.2, -0.15) is 5.26 Å². The number of allylic oxidation sites excluding steroid dienone is 1. The quantitative estimate of drug-likeness (QED) is 0.567. The predicted octanol–water partition coefficient (Wildman–Crippen LogP) is 4.22. The van der Waals surface area contributed by atoms with Crippen molar-refractivity contribution in [1.82, 2.24) is 14.8 Å². The molecule has 0 radical (unpaired) electrons. The summed E-state index contributed by atoms with van der Waals surface area (Å²) in [5.74, 6) is 0.869. The zero-order valence-corrected chi connectivity index (χ0v) is 13.8. The van der Waals surface area contributed by atoms with E-state index >= 15 is 0 Å². The van der Waals surface area contributed by atoms with Crippen LogP contribution >= 0.6 is 11.8 Å². The first-order chi connectivity index (χ1) is 10.7. The topological polar surface area (TPSA) is 54.5 Å². The Morgan fingerprint density at radius 3 is 2.86 bits per heavy atom. The van der Waals surface area contributed by atoms with Crippen LogP contribution in [-0.4, -0.2) is 20.0 Å². The molecule has 5 heteroatoms. The maximum atomic E-state index is 8.70. The maximum Gasteiger partial charge on any atom is 0.192 e. The number of benzene rings is 1. The number of hydrogen-bond donors (Lipinski definition) is 0. The first-order valence-corrected chi connectivity index (χ1v) is 8.19. The van der Waals surface area contributed by atoms with E-state index in [1.165, 1.54) is 5.56 Å². The minimum atomic E-state index is 0.331. The molecule has 1 atom stereocenters. The number of rotatable bonds is 7. The molecule has 1 aromatic carbocycles. The molecule has 0 amide bonds. The minimum absolute atomic E-state index is 0.331. The van der Waals surface area contributed by atoms with E-state index in [-0.39, 0.29) is 0 Å². The summed E-state index contributed by atoms with van der Waals surface area (Å²) in [5.41, 5.74) is 2.27. The highest BCUT2D eigenvalue weighted by Crippen LogP contribution is 2.29. The van der Waals surface area contributed by atoms with E-state index < -0.39 is 0 Å². The van der Waals surface area contributed by atoms with Gasteiger partial charge >= 0.3 is 0 Å². The Labute approximate surface area is 135 Å². The van der Waals surface area contributed by atoms with Crippen molar-refractivity contribution in [2.45, 2.75) is 43.6 Å². The van der Waals surface area contributed by atoms with E-state index in [2.05, 4.69) is 53.4 Å². The Morgan fingerprint density at radius 1 is 1.41 bits per heavy atom. The summed E-state index contributed by atoms with van der Waals surface area (Å²) in [5, 5.41) is 18.6. The first kappa shape index (κ1) is 16.3. The van der Waals surface area contributed by atoms with Crippen LogP contribution in [0.5, 0.6) is 0 Å². The lowest BCUT2D eigenvalue weighted by Gasteiger charge is -2.12. The van der Waals surface area contributed by atoms with Crippen molar-refractivity contribution in [3.8, 4) is 17.5 Å². The molecule has 1 unspecified atom stereocenters. The summed E-state index contributed by atoms with van der Waals surface area (Å²) in [4.78, 5) is 0. The molecule has 0 N–H and O–H groups in total. The lowest BCUT2D eigenvalue weighted by Crippen LogP contribution is -2.04. The Kier molecular flexibility index (Phi) is 5.79. The molecule has 0 aliphatic carbocycles. The van der Waals surface area contributed by atoms with Crippen LogP contribution in [0.4, 0.5) is 0 Å². The standard InChI is InChI=1S/C17H20N4S/c1-4-12-21-16(15-10-6-5-8-13(15)2)19-20-17(21)22-14(3)9-7-11-18/h4-6,8,10,14H,1,7,9,12H2,2-3H3. The number of aryl methyl sites for hydroxylation is 1. The number of nitrogens with zero attached hydrogens (tertiary/aromatic N) is 4. The van der Waals surface area contributed by atoms with Crippen LogP contribution in [-0.2, 0) is 6.54 Å². The van der Waals surface area contributed by atoms with Crippen molar-refractivity contribution in [1.29, 1.82) is 5.26 Å². The van der Waals surface area contributed by atoms with Crippen LogP contribution in [0.1, 0.15) is 25.3 Å². The fourth-order valence-corrected chi connectivity index (χ4v) is 3.17. The van der Waals surface area contributed by atoms with Gasteiger partial charge in [0.25, 0.3) is 0 Å². The molecule has 0 fully saturated rings. The van der Waals surface area contributed by atoms with E-state index in [9.17, 15) is 0 Å². The first-order valence-electron chi connectivity index (χ1n) is 7.31. The van der Waals surface area contributed by atoms with Crippen LogP contribution in [0, 0.1) is 18.3 Å². The average molecular weight is 312 g/mol. The summed E-state index contributed by atoms with van der Waals surface area (Å²) in [6, 6.07) is 10.4. The van der Waals surface area contributed by atoms with Crippen LogP contribution in [0.3, 0.4) is 0 Å². The van der Waals surface area contributed by atoms with Crippen molar-refractivity contribution in [3.63, 3.8) is 0 Å². The molecule has 0 saturated carbocycles. The predicted molar refractivity (Wildman–Crippen MR) is 90.6 cm³/mol. The second-order valence-electron chi connectivity index (χ2n) is 5.15. The van der Waals surface area contributed by atoms with E-state index in [4.69, 9.17) is 5.26 Å². The van der Waals surface area contributed by atoms with Crippen molar-refractivity contribution in [3.05, 3.63) is 42.5 Å². The second kappa shape index (κ2) is 7.81. The fraction of sp³-hybridized carbons (Fsp3) is 0.353. The molecule has 2 rings (SSSR count). The van der Waals surface area contributed by atoms with Crippen molar-refractivity contribution in [2.24, 2.45) is 0 Å². The molecular formula is C17H20N4S. The molecule has 4 nitrogen and oxygen atoms in total. The third-order valence-corrected chi connectivity index (χ3v) is 4.53. The highest BCUT2D eigenvalue weighted by molar-refractivity contribution is 7.99. The monoisotopic (exact) mass is 312 g/mol. The highest BCUT2D eigenvalue weighted by atomic mass is 32.2. The smallest absolute Gasteiger partial charge is 0.192 e. The number of nitriles is 1. The second-order valence-corrected chi connectivity index (χ2v) is 6.55. The van der Waals surface area contributed by atoms with E-state index in [0.717, 1.165) is 23.0 Å². The number of hydrogen-bond acceptors (Lipinski definition) is 4. The zero-order valence-electron chi connectivity index (χ0n) is 13.0. The number of thioether (sulfide) groups is 1. The molecule has 2 aromatic rings. The van der Waals surface area contributed by atoms with E-state index in [1.807, 2.05) is 18.2 Å². The van der Waals surface area contributed by atoms with Gasteiger partial charge in [-0.1, -0.05) is 49.0 Å². The molecule has 0 spiro atoms. The molecule has 1 aromatic heterocycles. The van der Waals surface area contributed by atoms with Gasteiger partial charge in [-0.05, 0) is 18.9 Å². The van der Waals surface area contributed by atoms with Crippen molar-refractivity contribution < 1.29 is 0 Å². The largest absolute Gasteiger partial charge is 0.298 e. The average Bonchev–Trinajstić information content (AvgIpc) is 2.89. The molecule has 0 saturated heterocycles. The number of aromatic nitrogens is 3. The molecule has 22 heavy (non-hydrogen) atoms. The van der Waals surface area contributed by atoms with Crippen LogP contribution < -0.4 is 0 Å². The minimum Gasteiger partial charge on any atom is -0.298 e. The normalized spacial score (nSPS) is 11.9.